The number of hydrogen-bond donors (Lipinski definition) is 2. The van der Waals surface area contributed by atoms with Gasteiger partial charge in [-0.1, -0.05) is 63.6 Å². The highest BCUT2D eigenvalue weighted by molar-refractivity contribution is 6.16. The number of amides is 5. The average molecular weight is 575 g/mol. The van der Waals surface area contributed by atoms with Crippen molar-refractivity contribution in [3.05, 3.63) is 54.1 Å². The van der Waals surface area contributed by atoms with Gasteiger partial charge < -0.3 is 10.4 Å². The van der Waals surface area contributed by atoms with E-state index in [1.807, 2.05) is 13.0 Å². The SMILES string of the molecule is CC1(C(=O)CN2C(=O)N(CC(=O)Nc3cccc(C(=O)O)c3)C(=O)N(C3CCCCC3)c3ccccc32)CCCCC1. The molecule has 0 atom stereocenters. The number of anilines is 3. The first-order chi connectivity index (χ1) is 20.2. The largest absolute Gasteiger partial charge is 0.478 e. The Morgan fingerprint density at radius 3 is 2.19 bits per heavy atom. The summed E-state index contributed by atoms with van der Waals surface area (Å²) in [5.74, 6) is -1.85. The number of carboxylic acid groups (broad SMARTS) is 1. The molecule has 2 N–H and O–H groups in total. The van der Waals surface area contributed by atoms with Crippen LogP contribution in [0.25, 0.3) is 0 Å². The lowest BCUT2D eigenvalue weighted by molar-refractivity contribution is -0.128. The van der Waals surface area contributed by atoms with E-state index in [1.165, 1.54) is 29.2 Å². The van der Waals surface area contributed by atoms with Crippen molar-refractivity contribution in [1.82, 2.24) is 4.90 Å². The van der Waals surface area contributed by atoms with Gasteiger partial charge in [-0.3, -0.25) is 19.4 Å². The summed E-state index contributed by atoms with van der Waals surface area (Å²) in [5.41, 5.74) is 0.714. The molecule has 0 spiro atoms. The maximum atomic E-state index is 14.2. The van der Waals surface area contributed by atoms with Crippen LogP contribution in [0.2, 0.25) is 0 Å². The first-order valence-corrected chi connectivity index (χ1v) is 14.9. The number of carbonyl (C=O) groups excluding carboxylic acids is 4. The molecule has 0 unspecified atom stereocenters. The molecule has 10 nitrogen and oxygen atoms in total. The van der Waals surface area contributed by atoms with Crippen molar-refractivity contribution < 1.29 is 29.1 Å². The Hall–Kier alpha value is -4.21. The Morgan fingerprint density at radius 1 is 0.833 bits per heavy atom. The summed E-state index contributed by atoms with van der Waals surface area (Å²) >= 11 is 0. The average Bonchev–Trinajstić information content (AvgIpc) is 3.07. The van der Waals surface area contributed by atoms with Crippen LogP contribution in [0.3, 0.4) is 0 Å². The molecule has 5 rings (SSSR count). The summed E-state index contributed by atoms with van der Waals surface area (Å²) in [4.78, 5) is 70.7. The molecular formula is C32H38N4O6. The van der Waals surface area contributed by atoms with E-state index in [2.05, 4.69) is 5.32 Å². The minimum atomic E-state index is -1.14. The van der Waals surface area contributed by atoms with Gasteiger partial charge in [0.05, 0.1) is 23.5 Å². The number of urea groups is 2. The second-order valence-corrected chi connectivity index (χ2v) is 11.9. The maximum Gasteiger partial charge on any atom is 0.335 e. The number of rotatable bonds is 8. The number of para-hydroxylation sites is 2. The van der Waals surface area contributed by atoms with Gasteiger partial charge in [0.1, 0.15) is 6.54 Å². The smallest absolute Gasteiger partial charge is 0.335 e. The van der Waals surface area contributed by atoms with Crippen LogP contribution in [-0.4, -0.2) is 58.9 Å². The van der Waals surface area contributed by atoms with Crippen LogP contribution >= 0.6 is 0 Å². The number of imide groups is 1. The Labute approximate surface area is 245 Å². The van der Waals surface area contributed by atoms with E-state index in [0.717, 1.165) is 69.1 Å². The van der Waals surface area contributed by atoms with Gasteiger partial charge in [0.15, 0.2) is 5.78 Å². The van der Waals surface area contributed by atoms with Gasteiger partial charge in [0, 0.05) is 17.1 Å². The zero-order valence-corrected chi connectivity index (χ0v) is 24.0. The van der Waals surface area contributed by atoms with Crippen LogP contribution in [0.15, 0.2) is 48.5 Å². The summed E-state index contributed by atoms with van der Waals surface area (Å²) in [6, 6.07) is 11.4. The van der Waals surface area contributed by atoms with Crippen molar-refractivity contribution in [3.63, 3.8) is 0 Å². The van der Waals surface area contributed by atoms with Crippen molar-refractivity contribution in [2.75, 3.05) is 28.2 Å². The van der Waals surface area contributed by atoms with Gasteiger partial charge in [-0.15, -0.1) is 0 Å². The van der Waals surface area contributed by atoms with Gasteiger partial charge in [0.2, 0.25) is 5.91 Å². The third kappa shape index (κ3) is 6.03. The van der Waals surface area contributed by atoms with Crippen LogP contribution in [0.5, 0.6) is 0 Å². The summed E-state index contributed by atoms with van der Waals surface area (Å²) in [6.45, 7) is 1.17. The van der Waals surface area contributed by atoms with Crippen molar-refractivity contribution in [2.45, 2.75) is 77.2 Å². The molecule has 2 saturated carbocycles. The lowest BCUT2D eigenvalue weighted by Crippen LogP contribution is -2.55. The van der Waals surface area contributed by atoms with Crippen molar-refractivity contribution in [2.24, 2.45) is 5.41 Å². The summed E-state index contributed by atoms with van der Waals surface area (Å²) in [6.07, 6.45) is 9.01. The van der Waals surface area contributed by atoms with Crippen LogP contribution < -0.4 is 15.1 Å². The maximum absolute atomic E-state index is 14.2. The van der Waals surface area contributed by atoms with Gasteiger partial charge in [-0.05, 0) is 56.0 Å². The minimum Gasteiger partial charge on any atom is -0.478 e. The minimum absolute atomic E-state index is 0.00505. The fourth-order valence-corrected chi connectivity index (χ4v) is 6.46. The molecule has 10 heteroatoms. The first kappa shape index (κ1) is 29.3. The number of aromatic carboxylic acids is 1. The number of ketones is 1. The van der Waals surface area contributed by atoms with E-state index < -0.39 is 35.9 Å². The molecule has 3 aliphatic rings. The zero-order valence-electron chi connectivity index (χ0n) is 24.0. The number of fused-ring (bicyclic) bond motifs is 1. The first-order valence-electron chi connectivity index (χ1n) is 14.9. The topological polar surface area (TPSA) is 127 Å². The highest BCUT2D eigenvalue weighted by Crippen LogP contribution is 2.41. The third-order valence-electron chi connectivity index (χ3n) is 8.90. The van der Waals surface area contributed by atoms with Gasteiger partial charge in [-0.2, -0.15) is 0 Å². The summed E-state index contributed by atoms with van der Waals surface area (Å²) < 4.78 is 0. The molecule has 0 bridgehead atoms. The Balaban J connectivity index is 1.49. The molecule has 42 heavy (non-hydrogen) atoms. The number of carboxylic acids is 1. The quantitative estimate of drug-likeness (QED) is 0.394. The number of nitrogens with one attached hydrogen (secondary N) is 1. The van der Waals surface area contributed by atoms with Crippen molar-refractivity contribution in [1.29, 1.82) is 0 Å². The van der Waals surface area contributed by atoms with Gasteiger partial charge in [0.25, 0.3) is 0 Å². The normalized spacial score (nSPS) is 19.2. The van der Waals surface area contributed by atoms with E-state index in [-0.39, 0.29) is 29.6 Å². The number of hydrogen-bond acceptors (Lipinski definition) is 5. The molecular weight excluding hydrogens is 536 g/mol. The van der Waals surface area contributed by atoms with Gasteiger partial charge in [-0.25, -0.2) is 19.3 Å². The van der Waals surface area contributed by atoms with Crippen LogP contribution in [0.1, 0.15) is 81.5 Å². The molecule has 1 heterocycles. The number of Topliss-reactive ketones (excluding diaryl/α,β-unsaturated/α-hetero) is 1. The van der Waals surface area contributed by atoms with Crippen molar-refractivity contribution >= 4 is 46.8 Å². The summed E-state index contributed by atoms with van der Waals surface area (Å²) in [7, 11) is 0. The molecule has 222 valence electrons. The standard InChI is InChI=1S/C32H38N4O6/c1-32(17-8-3-9-18-32)27(37)20-34-25-15-6-7-16-26(25)36(24-13-4-2-5-14-24)31(42)35(30(34)41)21-28(38)33-23-12-10-11-22(19-23)29(39)40/h6-7,10-12,15-16,19,24H,2-5,8-9,13-14,17-18,20-21H2,1H3,(H,33,38)(H,39,40). The number of carbonyl (C=O) groups is 5. The predicted octanol–water partition coefficient (Wildman–Crippen LogP) is 6.06. The Morgan fingerprint density at radius 2 is 1.50 bits per heavy atom. The van der Waals surface area contributed by atoms with E-state index in [0.29, 0.717) is 11.4 Å². The Bertz CT molecular complexity index is 1380. The molecule has 2 aromatic rings. The van der Waals surface area contributed by atoms with E-state index in [4.69, 9.17) is 0 Å². The van der Waals surface area contributed by atoms with Crippen LogP contribution in [0.4, 0.5) is 26.7 Å². The molecule has 0 aromatic heterocycles. The van der Waals surface area contributed by atoms with E-state index >= 15 is 0 Å². The zero-order chi connectivity index (χ0) is 29.9. The van der Waals surface area contributed by atoms with Crippen LogP contribution in [-0.2, 0) is 9.59 Å². The second kappa shape index (κ2) is 12.3. The number of benzene rings is 2. The highest BCUT2D eigenvalue weighted by atomic mass is 16.4. The van der Waals surface area contributed by atoms with Gasteiger partial charge >= 0.3 is 18.0 Å². The fourth-order valence-electron chi connectivity index (χ4n) is 6.46. The summed E-state index contributed by atoms with van der Waals surface area (Å²) in [5, 5.41) is 11.9. The van der Waals surface area contributed by atoms with E-state index in [9.17, 15) is 29.1 Å². The monoisotopic (exact) mass is 574 g/mol. The lowest BCUT2D eigenvalue weighted by Gasteiger charge is -2.35. The third-order valence-corrected chi connectivity index (χ3v) is 8.90. The molecule has 2 fully saturated rings. The van der Waals surface area contributed by atoms with Crippen LogP contribution in [0, 0.1) is 5.41 Å². The Kier molecular flexibility index (Phi) is 8.61. The lowest BCUT2D eigenvalue weighted by atomic mass is 9.72. The highest BCUT2D eigenvalue weighted by Gasteiger charge is 2.44. The fraction of sp³-hybridized carbons (Fsp3) is 0.469. The molecule has 0 saturated heterocycles. The molecule has 2 aliphatic carbocycles. The van der Waals surface area contributed by atoms with Crippen molar-refractivity contribution in [3.8, 4) is 0 Å². The second-order valence-electron chi connectivity index (χ2n) is 11.9. The predicted molar refractivity (Wildman–Crippen MR) is 159 cm³/mol. The molecule has 1 aliphatic heterocycles. The van der Waals surface area contributed by atoms with E-state index in [1.54, 1.807) is 23.1 Å². The molecule has 0 radical (unpaired) electrons. The molecule has 2 aromatic carbocycles. The molecule has 5 amide bonds. The number of nitrogens with zero attached hydrogens (tertiary/aromatic N) is 3.